The van der Waals surface area contributed by atoms with E-state index >= 15 is 0 Å². The molecule has 8 heteroatoms. The molecule has 2 aliphatic heterocycles. The van der Waals surface area contributed by atoms with Crippen molar-refractivity contribution in [1.82, 2.24) is 29.3 Å². The summed E-state index contributed by atoms with van der Waals surface area (Å²) in [5, 5.41) is 7.75. The van der Waals surface area contributed by atoms with Gasteiger partial charge in [0.1, 0.15) is 11.5 Å². The number of pyridine rings is 2. The predicted octanol–water partition coefficient (Wildman–Crippen LogP) is 5.57. The SMILES string of the molecule is CCC1(CC)CC2(c3cc4c(cc3-c3ccc5nccnc5[n+]32)c2ccccc2n4C)n2nc(C)nc2-c2cccc[n+]21. The van der Waals surface area contributed by atoms with Gasteiger partial charge in [0, 0.05) is 65.0 Å². The molecule has 7 aromatic rings. The van der Waals surface area contributed by atoms with Gasteiger partial charge in [-0.3, -0.25) is 0 Å². The van der Waals surface area contributed by atoms with E-state index in [4.69, 9.17) is 20.1 Å². The zero-order chi connectivity index (χ0) is 29.1. The quantitative estimate of drug-likeness (QED) is 0.258. The molecule has 210 valence electrons. The van der Waals surface area contributed by atoms with E-state index in [1.807, 2.05) is 6.92 Å². The molecule has 0 N–H and O–H groups in total. The Morgan fingerprint density at radius 2 is 1.67 bits per heavy atom. The third-order valence-electron chi connectivity index (χ3n) is 10.2. The highest BCUT2D eigenvalue weighted by molar-refractivity contribution is 6.09. The van der Waals surface area contributed by atoms with Crippen molar-refractivity contribution in [2.75, 3.05) is 0 Å². The lowest BCUT2D eigenvalue weighted by Gasteiger charge is -2.35. The van der Waals surface area contributed by atoms with Gasteiger partial charge in [0.15, 0.2) is 23.4 Å². The van der Waals surface area contributed by atoms with Crippen LogP contribution in [0, 0.1) is 6.92 Å². The highest BCUT2D eigenvalue weighted by Gasteiger charge is 2.62. The first-order chi connectivity index (χ1) is 21.0. The molecule has 9 rings (SSSR count). The number of hydrogen-bond acceptors (Lipinski definition) is 4. The first kappa shape index (κ1) is 24.6. The van der Waals surface area contributed by atoms with Crippen molar-refractivity contribution in [3.8, 4) is 22.8 Å². The monoisotopic (exact) mass is 564 g/mol. The van der Waals surface area contributed by atoms with E-state index in [1.165, 1.54) is 32.9 Å². The van der Waals surface area contributed by atoms with E-state index in [2.05, 4.69) is 112 Å². The summed E-state index contributed by atoms with van der Waals surface area (Å²) in [6.45, 7) is 6.61. The molecule has 1 unspecified atom stereocenters. The van der Waals surface area contributed by atoms with Gasteiger partial charge in [-0.2, -0.15) is 18.9 Å². The Balaban J connectivity index is 1.52. The number of rotatable bonds is 2. The summed E-state index contributed by atoms with van der Waals surface area (Å²) in [6, 6.07) is 24.2. The molecule has 7 heterocycles. The second-order valence-electron chi connectivity index (χ2n) is 12.1. The van der Waals surface area contributed by atoms with E-state index < -0.39 is 5.66 Å². The van der Waals surface area contributed by atoms with Crippen LogP contribution in [-0.2, 0) is 18.2 Å². The summed E-state index contributed by atoms with van der Waals surface area (Å²) < 4.78 is 9.42. The van der Waals surface area contributed by atoms with Gasteiger partial charge in [-0.1, -0.05) is 32.0 Å². The first-order valence-corrected chi connectivity index (χ1v) is 15.1. The molecule has 8 nitrogen and oxygen atoms in total. The molecule has 0 aliphatic carbocycles. The molecular weight excluding hydrogens is 532 g/mol. The van der Waals surface area contributed by atoms with Gasteiger partial charge >= 0.3 is 5.65 Å². The molecule has 1 atom stereocenters. The minimum Gasteiger partial charge on any atom is -0.344 e. The van der Waals surface area contributed by atoms with Gasteiger partial charge in [0.05, 0.1) is 12.6 Å². The standard InChI is InChI=1S/C35H32N8/c1-5-34(6-2)21-35(43-33(38-22(3)39-43)30-13-9-10-18-41(30)34)26-20-31-24(23-11-7-8-12-28(23)40(31)4)19-25(26)29-15-14-27-32(42(29)35)37-17-16-36-27/h7-20H,5-6,21H2,1-4H3/q+2. The fraction of sp³-hybridized carbons (Fsp3) is 0.257. The molecule has 1 spiro atoms. The van der Waals surface area contributed by atoms with E-state index in [-0.39, 0.29) is 5.54 Å². The van der Waals surface area contributed by atoms with Crippen LogP contribution in [0.25, 0.3) is 55.7 Å². The molecule has 5 aromatic heterocycles. The van der Waals surface area contributed by atoms with Gasteiger partial charge < -0.3 is 4.57 Å². The first-order valence-electron chi connectivity index (χ1n) is 15.1. The van der Waals surface area contributed by atoms with Gasteiger partial charge in [-0.15, -0.1) is 0 Å². The van der Waals surface area contributed by atoms with Gasteiger partial charge in [-0.05, 0) is 48.3 Å². The largest absolute Gasteiger partial charge is 0.351 e. The van der Waals surface area contributed by atoms with Crippen LogP contribution in [0.3, 0.4) is 0 Å². The molecule has 0 saturated carbocycles. The molecule has 0 radical (unpaired) electrons. The zero-order valence-electron chi connectivity index (χ0n) is 24.8. The summed E-state index contributed by atoms with van der Waals surface area (Å²) in [5.41, 5.74) is 7.81. The molecule has 0 fully saturated rings. The van der Waals surface area contributed by atoms with Crippen LogP contribution >= 0.6 is 0 Å². The van der Waals surface area contributed by atoms with E-state index in [9.17, 15) is 0 Å². The van der Waals surface area contributed by atoms with Crippen LogP contribution in [0.5, 0.6) is 0 Å². The normalized spacial score (nSPS) is 18.1. The lowest BCUT2D eigenvalue weighted by molar-refractivity contribution is -0.780. The fourth-order valence-electron chi connectivity index (χ4n) is 8.15. The van der Waals surface area contributed by atoms with Crippen LogP contribution in [0.4, 0.5) is 0 Å². The Bertz CT molecular complexity index is 2290. The molecular formula is C35H32N8+2. The average molecular weight is 565 g/mol. The second kappa shape index (κ2) is 8.31. The lowest BCUT2D eigenvalue weighted by atomic mass is 9.79. The van der Waals surface area contributed by atoms with Crippen molar-refractivity contribution >= 4 is 33.0 Å². The van der Waals surface area contributed by atoms with E-state index in [1.54, 1.807) is 12.4 Å². The predicted molar refractivity (Wildman–Crippen MR) is 165 cm³/mol. The molecule has 2 aromatic carbocycles. The van der Waals surface area contributed by atoms with Crippen molar-refractivity contribution in [2.45, 2.75) is 51.2 Å². The van der Waals surface area contributed by atoms with E-state index in [0.717, 1.165) is 53.5 Å². The van der Waals surface area contributed by atoms with Gasteiger partial charge in [0.25, 0.3) is 5.69 Å². The zero-order valence-corrected chi connectivity index (χ0v) is 24.8. The topological polar surface area (TPSA) is 69.2 Å². The number of benzene rings is 2. The van der Waals surface area contributed by atoms with Gasteiger partial charge in [0.2, 0.25) is 11.5 Å². The third kappa shape index (κ3) is 2.90. The number of aromatic nitrogens is 8. The maximum Gasteiger partial charge on any atom is 0.351 e. The average Bonchev–Trinajstić information content (AvgIpc) is 3.65. The van der Waals surface area contributed by atoms with E-state index in [0.29, 0.717) is 0 Å². The smallest absolute Gasteiger partial charge is 0.344 e. The lowest BCUT2D eigenvalue weighted by Crippen LogP contribution is -2.66. The van der Waals surface area contributed by atoms with Crippen LogP contribution in [0.2, 0.25) is 0 Å². The van der Waals surface area contributed by atoms with Gasteiger partial charge in [-0.25, -0.2) is 9.97 Å². The van der Waals surface area contributed by atoms with Crippen molar-refractivity contribution in [2.24, 2.45) is 7.05 Å². The minimum atomic E-state index is -0.737. The van der Waals surface area contributed by atoms with Crippen molar-refractivity contribution in [3.05, 3.63) is 96.7 Å². The summed E-state index contributed by atoms with van der Waals surface area (Å²) in [5.74, 6) is 1.61. The maximum absolute atomic E-state index is 5.25. The highest BCUT2D eigenvalue weighted by atomic mass is 15.5. The van der Waals surface area contributed by atoms with Crippen LogP contribution in [0.1, 0.15) is 44.5 Å². The Morgan fingerprint density at radius 3 is 2.53 bits per heavy atom. The van der Waals surface area contributed by atoms with Crippen LogP contribution in [0.15, 0.2) is 85.3 Å². The molecule has 0 saturated heterocycles. The molecule has 43 heavy (non-hydrogen) atoms. The fourth-order valence-corrected chi connectivity index (χ4v) is 8.15. The Kier molecular flexibility index (Phi) is 4.76. The minimum absolute atomic E-state index is 0.211. The Labute approximate surface area is 248 Å². The summed E-state index contributed by atoms with van der Waals surface area (Å²) in [6.07, 6.45) is 8.49. The number of nitrogens with zero attached hydrogens (tertiary/aromatic N) is 8. The Hall–Kier alpha value is -4.98. The van der Waals surface area contributed by atoms with Crippen LogP contribution < -0.4 is 9.13 Å². The highest BCUT2D eigenvalue weighted by Crippen LogP contribution is 2.50. The third-order valence-corrected chi connectivity index (χ3v) is 10.2. The van der Waals surface area contributed by atoms with Crippen LogP contribution in [-0.4, -0.2) is 29.3 Å². The Morgan fingerprint density at radius 1 is 0.860 bits per heavy atom. The molecule has 2 aliphatic rings. The number of aryl methyl sites for hydroxylation is 2. The van der Waals surface area contributed by atoms with Crippen molar-refractivity contribution in [1.29, 1.82) is 0 Å². The second-order valence-corrected chi connectivity index (χ2v) is 12.1. The maximum atomic E-state index is 5.25. The summed E-state index contributed by atoms with van der Waals surface area (Å²) in [4.78, 5) is 14.9. The number of para-hydroxylation sites is 1. The molecule has 0 amide bonds. The number of fused-ring (bicyclic) bond motifs is 14. The summed E-state index contributed by atoms with van der Waals surface area (Å²) >= 11 is 0. The summed E-state index contributed by atoms with van der Waals surface area (Å²) in [7, 11) is 2.17. The van der Waals surface area contributed by atoms with Crippen molar-refractivity contribution < 1.29 is 9.13 Å². The number of hydrogen-bond donors (Lipinski definition) is 0. The van der Waals surface area contributed by atoms with Crippen molar-refractivity contribution in [3.63, 3.8) is 0 Å². The molecule has 0 bridgehead atoms.